The highest BCUT2D eigenvalue weighted by Crippen LogP contribution is 2.33. The Hall–Kier alpha value is -1.50. The van der Waals surface area contributed by atoms with E-state index in [4.69, 9.17) is 17.3 Å². The van der Waals surface area contributed by atoms with Crippen LogP contribution in [0.4, 0.5) is 20.2 Å². The van der Waals surface area contributed by atoms with Gasteiger partial charge in [-0.2, -0.15) is 0 Å². The Labute approximate surface area is 81.6 Å². The zero-order valence-electron chi connectivity index (χ0n) is 6.58. The number of aromatic nitrogens is 1. The molecule has 0 aliphatic heterocycles. The number of nitrogens with zero attached hydrogens (tertiary/aromatic N) is 2. The van der Waals surface area contributed by atoms with E-state index in [1.807, 2.05) is 0 Å². The highest BCUT2D eigenvalue weighted by Gasteiger charge is 2.27. The van der Waals surface area contributed by atoms with Crippen molar-refractivity contribution >= 4 is 23.0 Å². The predicted octanol–water partition coefficient (Wildman–Crippen LogP) is 2.16. The van der Waals surface area contributed by atoms with E-state index in [2.05, 4.69) is 4.98 Å². The molecule has 0 radical (unpaired) electrons. The number of hydrogen-bond acceptors (Lipinski definition) is 4. The number of nitro groups is 1. The fourth-order valence-corrected chi connectivity index (χ4v) is 1.10. The Morgan fingerprint density at radius 3 is 2.64 bits per heavy atom. The number of halogens is 3. The van der Waals surface area contributed by atoms with Crippen molar-refractivity contribution < 1.29 is 13.7 Å². The molecule has 2 N–H and O–H groups in total. The predicted molar refractivity (Wildman–Crippen MR) is 45.3 cm³/mol. The fraction of sp³-hybridized carbons (Fsp3) is 0.167. The molecule has 0 amide bonds. The molecule has 0 saturated carbocycles. The van der Waals surface area contributed by atoms with Gasteiger partial charge in [-0.05, 0) is 0 Å². The monoisotopic (exact) mass is 223 g/mol. The van der Waals surface area contributed by atoms with E-state index in [1.165, 1.54) is 0 Å². The molecule has 1 aromatic rings. The lowest BCUT2D eigenvalue weighted by atomic mass is 10.2. The maximum atomic E-state index is 12.3. The van der Waals surface area contributed by atoms with Crippen LogP contribution in [0.3, 0.4) is 0 Å². The van der Waals surface area contributed by atoms with Crippen molar-refractivity contribution in [2.75, 3.05) is 5.73 Å². The van der Waals surface area contributed by atoms with Crippen LogP contribution in [0.15, 0.2) is 6.07 Å². The van der Waals surface area contributed by atoms with Crippen molar-refractivity contribution in [1.82, 2.24) is 4.98 Å². The summed E-state index contributed by atoms with van der Waals surface area (Å²) < 4.78 is 24.5. The van der Waals surface area contributed by atoms with Gasteiger partial charge >= 0.3 is 5.69 Å². The van der Waals surface area contributed by atoms with Crippen LogP contribution < -0.4 is 5.73 Å². The van der Waals surface area contributed by atoms with E-state index >= 15 is 0 Å². The van der Waals surface area contributed by atoms with Gasteiger partial charge in [0.25, 0.3) is 6.43 Å². The molecule has 0 bridgehead atoms. The minimum atomic E-state index is -3.09. The third-order valence-corrected chi connectivity index (χ3v) is 1.60. The maximum Gasteiger partial charge on any atom is 0.319 e. The van der Waals surface area contributed by atoms with Crippen LogP contribution in [0.1, 0.15) is 12.1 Å². The van der Waals surface area contributed by atoms with Crippen molar-refractivity contribution in [3.8, 4) is 0 Å². The molecule has 0 fully saturated rings. The minimum Gasteiger partial charge on any atom is -0.393 e. The van der Waals surface area contributed by atoms with E-state index in [0.29, 0.717) is 0 Å². The number of rotatable bonds is 2. The summed E-state index contributed by atoms with van der Waals surface area (Å²) >= 11 is 5.32. The van der Waals surface area contributed by atoms with E-state index in [0.717, 1.165) is 6.07 Å². The molecule has 0 aliphatic rings. The molecule has 0 atom stereocenters. The first-order chi connectivity index (χ1) is 6.43. The number of nitrogens with two attached hydrogens (primary N) is 1. The number of nitrogen functional groups attached to an aromatic ring is 1. The maximum absolute atomic E-state index is 12.3. The molecule has 0 spiro atoms. The lowest BCUT2D eigenvalue weighted by Gasteiger charge is -2.03. The van der Waals surface area contributed by atoms with Gasteiger partial charge in [-0.15, -0.1) is 0 Å². The summed E-state index contributed by atoms with van der Waals surface area (Å²) in [6.45, 7) is 0. The van der Waals surface area contributed by atoms with Gasteiger partial charge in [-0.1, -0.05) is 11.6 Å². The number of hydrogen-bond donors (Lipinski definition) is 1. The van der Waals surface area contributed by atoms with E-state index in [1.54, 1.807) is 0 Å². The van der Waals surface area contributed by atoms with Crippen LogP contribution in [0, 0.1) is 10.1 Å². The summed E-state index contributed by atoms with van der Waals surface area (Å²) in [7, 11) is 0. The quantitative estimate of drug-likeness (QED) is 0.473. The second-order valence-corrected chi connectivity index (χ2v) is 2.71. The van der Waals surface area contributed by atoms with Crippen LogP contribution in [0.5, 0.6) is 0 Å². The Morgan fingerprint density at radius 1 is 1.64 bits per heavy atom. The number of anilines is 1. The summed E-state index contributed by atoms with van der Waals surface area (Å²) in [6.07, 6.45) is -3.09. The van der Waals surface area contributed by atoms with Crippen LogP contribution in [0.2, 0.25) is 5.15 Å². The lowest BCUT2D eigenvalue weighted by Crippen LogP contribution is -2.03. The summed E-state index contributed by atoms with van der Waals surface area (Å²) in [4.78, 5) is 12.5. The molecule has 0 saturated heterocycles. The van der Waals surface area contributed by atoms with Crippen LogP contribution in [-0.4, -0.2) is 9.91 Å². The zero-order chi connectivity index (χ0) is 10.9. The Morgan fingerprint density at radius 2 is 2.21 bits per heavy atom. The topological polar surface area (TPSA) is 82.0 Å². The fourth-order valence-electron chi connectivity index (χ4n) is 0.896. The van der Waals surface area contributed by atoms with Crippen LogP contribution in [0.25, 0.3) is 0 Å². The lowest BCUT2D eigenvalue weighted by molar-refractivity contribution is -0.385. The number of pyridine rings is 1. The first-order valence-corrected chi connectivity index (χ1v) is 3.69. The van der Waals surface area contributed by atoms with Gasteiger partial charge in [0.05, 0.1) is 4.92 Å². The SMILES string of the molecule is Nc1cc(Cl)nc(C(F)F)c1[N+](=O)[O-]. The molecule has 1 rings (SSSR count). The van der Waals surface area contributed by atoms with Gasteiger partial charge in [0, 0.05) is 6.07 Å². The largest absolute Gasteiger partial charge is 0.393 e. The molecule has 0 aliphatic carbocycles. The smallest absolute Gasteiger partial charge is 0.319 e. The molecular weight excluding hydrogens is 220 g/mol. The Bertz CT molecular complexity index is 386. The Balaban J connectivity index is 3.44. The molecule has 5 nitrogen and oxygen atoms in total. The van der Waals surface area contributed by atoms with Crippen molar-refractivity contribution in [3.63, 3.8) is 0 Å². The molecule has 14 heavy (non-hydrogen) atoms. The van der Waals surface area contributed by atoms with Gasteiger partial charge < -0.3 is 5.73 Å². The summed E-state index contributed by atoms with van der Waals surface area (Å²) in [5.41, 5.74) is 2.82. The molecule has 0 aromatic carbocycles. The third kappa shape index (κ3) is 1.87. The number of alkyl halides is 2. The molecule has 1 aromatic heterocycles. The first kappa shape index (κ1) is 10.6. The van der Waals surface area contributed by atoms with Gasteiger partial charge in [-0.3, -0.25) is 10.1 Å². The normalized spacial score (nSPS) is 10.6. The zero-order valence-corrected chi connectivity index (χ0v) is 7.33. The highest BCUT2D eigenvalue weighted by molar-refractivity contribution is 6.29. The van der Waals surface area contributed by atoms with Gasteiger partial charge in [-0.25, -0.2) is 13.8 Å². The molecule has 76 valence electrons. The van der Waals surface area contributed by atoms with Crippen LogP contribution >= 0.6 is 11.6 Å². The minimum absolute atomic E-state index is 0.302. The van der Waals surface area contributed by atoms with Crippen LogP contribution in [-0.2, 0) is 0 Å². The average Bonchev–Trinajstić information content (AvgIpc) is 2.01. The first-order valence-electron chi connectivity index (χ1n) is 3.32. The van der Waals surface area contributed by atoms with Gasteiger partial charge in [0.2, 0.25) is 0 Å². The highest BCUT2D eigenvalue weighted by atomic mass is 35.5. The second-order valence-electron chi connectivity index (χ2n) is 2.33. The van der Waals surface area contributed by atoms with Crippen molar-refractivity contribution in [2.45, 2.75) is 6.43 Å². The summed E-state index contributed by atoms with van der Waals surface area (Å²) in [5, 5.41) is 10.1. The summed E-state index contributed by atoms with van der Waals surface area (Å²) in [6, 6.07) is 0.950. The molecule has 1 heterocycles. The van der Waals surface area contributed by atoms with E-state index < -0.39 is 28.4 Å². The van der Waals surface area contributed by atoms with Crippen molar-refractivity contribution in [2.24, 2.45) is 0 Å². The van der Waals surface area contributed by atoms with Gasteiger partial charge in [0.15, 0.2) is 5.69 Å². The molecular formula is C6H4ClF2N3O2. The second kappa shape index (κ2) is 3.70. The average molecular weight is 224 g/mol. The van der Waals surface area contributed by atoms with E-state index in [-0.39, 0.29) is 5.15 Å². The van der Waals surface area contributed by atoms with Crippen molar-refractivity contribution in [3.05, 3.63) is 27.0 Å². The standard InChI is InChI=1S/C6H4ClF2N3O2/c7-3-1-2(10)5(12(13)14)4(11-3)6(8)9/h1,6H,(H2,10,11). The molecule has 8 heteroatoms. The molecule has 0 unspecified atom stereocenters. The van der Waals surface area contributed by atoms with Crippen molar-refractivity contribution in [1.29, 1.82) is 0 Å². The van der Waals surface area contributed by atoms with Gasteiger partial charge in [0.1, 0.15) is 10.8 Å². The summed E-state index contributed by atoms with van der Waals surface area (Å²) in [5.74, 6) is 0. The third-order valence-electron chi connectivity index (χ3n) is 1.41. The van der Waals surface area contributed by atoms with E-state index in [9.17, 15) is 18.9 Å². The Kier molecular flexibility index (Phi) is 2.80.